The molecule has 12 nitrogen and oxygen atoms in total. The van der Waals surface area contributed by atoms with Crippen LogP contribution in [-0.4, -0.2) is 42.4 Å². The standard InChI is InChI=1S/C10H10N8O4/c11-10-14-15-16-17(10)5-9(20)13-12-4-6-3-7(18(21)22)1-2-8(6)19/h1-4,19H,5H2,(H,13,20)(H2,11,14,16)/b12-4-. The molecule has 1 aromatic heterocycles. The van der Waals surface area contributed by atoms with Crippen LogP contribution in [0.3, 0.4) is 0 Å². The van der Waals surface area contributed by atoms with Gasteiger partial charge in [-0.05, 0) is 16.5 Å². The minimum Gasteiger partial charge on any atom is -0.507 e. The van der Waals surface area contributed by atoms with Crippen LogP contribution >= 0.6 is 0 Å². The van der Waals surface area contributed by atoms with E-state index in [1.807, 2.05) is 0 Å². The number of carbonyl (C=O) groups is 1. The predicted molar refractivity (Wildman–Crippen MR) is 72.7 cm³/mol. The number of aromatic nitrogens is 4. The number of nitro benzene ring substituents is 1. The fourth-order valence-electron chi connectivity index (χ4n) is 1.43. The second kappa shape index (κ2) is 6.25. The van der Waals surface area contributed by atoms with Gasteiger partial charge in [0.25, 0.3) is 11.6 Å². The smallest absolute Gasteiger partial charge is 0.270 e. The number of hydrazone groups is 1. The van der Waals surface area contributed by atoms with Crippen molar-refractivity contribution >= 4 is 23.8 Å². The molecule has 12 heteroatoms. The van der Waals surface area contributed by atoms with E-state index in [9.17, 15) is 20.0 Å². The Labute approximate surface area is 122 Å². The summed E-state index contributed by atoms with van der Waals surface area (Å²) in [6.07, 6.45) is 1.07. The summed E-state index contributed by atoms with van der Waals surface area (Å²) >= 11 is 0. The number of amides is 1. The number of hydrogen-bond acceptors (Lipinski definition) is 9. The number of hydrogen-bond donors (Lipinski definition) is 3. The largest absolute Gasteiger partial charge is 0.507 e. The van der Waals surface area contributed by atoms with E-state index in [2.05, 4.69) is 26.1 Å². The van der Waals surface area contributed by atoms with Crippen LogP contribution in [0.15, 0.2) is 23.3 Å². The molecule has 0 atom stereocenters. The lowest BCUT2D eigenvalue weighted by Crippen LogP contribution is -2.24. The topological polar surface area (TPSA) is 174 Å². The highest BCUT2D eigenvalue weighted by atomic mass is 16.6. The van der Waals surface area contributed by atoms with E-state index in [4.69, 9.17) is 5.73 Å². The van der Waals surface area contributed by atoms with Crippen molar-refractivity contribution in [2.45, 2.75) is 6.54 Å². The Hall–Kier alpha value is -3.57. The van der Waals surface area contributed by atoms with E-state index in [0.29, 0.717) is 0 Å². The lowest BCUT2D eigenvalue weighted by atomic mass is 10.2. The van der Waals surface area contributed by atoms with Gasteiger partial charge in [0.1, 0.15) is 12.3 Å². The molecule has 2 rings (SSSR count). The van der Waals surface area contributed by atoms with Crippen molar-refractivity contribution in [1.29, 1.82) is 0 Å². The third kappa shape index (κ3) is 3.50. The zero-order valence-corrected chi connectivity index (χ0v) is 10.9. The first-order chi connectivity index (χ1) is 10.5. The Morgan fingerprint density at radius 3 is 3.00 bits per heavy atom. The van der Waals surface area contributed by atoms with Gasteiger partial charge in [-0.2, -0.15) is 5.10 Å². The van der Waals surface area contributed by atoms with Crippen LogP contribution in [0.2, 0.25) is 0 Å². The van der Waals surface area contributed by atoms with E-state index < -0.39 is 10.8 Å². The molecule has 0 saturated carbocycles. The molecule has 114 valence electrons. The number of benzene rings is 1. The van der Waals surface area contributed by atoms with Crippen molar-refractivity contribution in [3.05, 3.63) is 33.9 Å². The Bertz CT molecular complexity index is 740. The first kappa shape index (κ1) is 14.8. The number of non-ortho nitro benzene ring substituents is 1. The molecule has 1 amide bonds. The second-order valence-electron chi connectivity index (χ2n) is 3.99. The van der Waals surface area contributed by atoms with Crippen LogP contribution in [0.4, 0.5) is 11.6 Å². The summed E-state index contributed by atoms with van der Waals surface area (Å²) in [5, 5.41) is 33.9. The maximum absolute atomic E-state index is 11.5. The number of aromatic hydroxyl groups is 1. The second-order valence-corrected chi connectivity index (χ2v) is 3.99. The van der Waals surface area contributed by atoms with Crippen molar-refractivity contribution in [2.75, 3.05) is 5.73 Å². The molecule has 2 aromatic rings. The summed E-state index contributed by atoms with van der Waals surface area (Å²) in [6, 6.07) is 3.42. The summed E-state index contributed by atoms with van der Waals surface area (Å²) in [7, 11) is 0. The monoisotopic (exact) mass is 306 g/mol. The number of nitrogens with one attached hydrogen (secondary N) is 1. The maximum Gasteiger partial charge on any atom is 0.270 e. The predicted octanol–water partition coefficient (Wildman–Crippen LogP) is -0.981. The van der Waals surface area contributed by atoms with Gasteiger partial charge >= 0.3 is 0 Å². The minimum atomic E-state index is -0.615. The normalized spacial score (nSPS) is 10.7. The third-order valence-electron chi connectivity index (χ3n) is 2.47. The highest BCUT2D eigenvalue weighted by Crippen LogP contribution is 2.21. The third-order valence-corrected chi connectivity index (χ3v) is 2.47. The van der Waals surface area contributed by atoms with E-state index in [0.717, 1.165) is 29.1 Å². The molecular formula is C10H10N8O4. The molecule has 0 bridgehead atoms. The van der Waals surface area contributed by atoms with E-state index in [1.54, 1.807) is 0 Å². The van der Waals surface area contributed by atoms with Gasteiger partial charge in [0.2, 0.25) is 5.95 Å². The summed E-state index contributed by atoms with van der Waals surface area (Å²) in [5.74, 6) is -0.816. The van der Waals surface area contributed by atoms with E-state index in [1.165, 1.54) is 0 Å². The molecule has 0 aliphatic carbocycles. The number of anilines is 1. The average Bonchev–Trinajstić information content (AvgIpc) is 2.86. The SMILES string of the molecule is Nc1nnnn1CC(=O)N/N=C\c1cc([N+](=O)[O-])ccc1O. The highest BCUT2D eigenvalue weighted by molar-refractivity contribution is 5.86. The van der Waals surface area contributed by atoms with Crippen LogP contribution in [0.1, 0.15) is 5.56 Å². The van der Waals surface area contributed by atoms with Gasteiger partial charge in [-0.3, -0.25) is 14.9 Å². The average molecular weight is 306 g/mol. The fraction of sp³-hybridized carbons (Fsp3) is 0.100. The number of nitrogen functional groups attached to an aromatic ring is 1. The Kier molecular flexibility index (Phi) is 4.22. The zero-order chi connectivity index (χ0) is 16.1. The molecule has 4 N–H and O–H groups in total. The van der Waals surface area contributed by atoms with Crippen LogP contribution in [0.5, 0.6) is 5.75 Å². The Morgan fingerprint density at radius 1 is 1.59 bits per heavy atom. The molecule has 0 saturated heterocycles. The first-order valence-corrected chi connectivity index (χ1v) is 5.78. The molecule has 1 aromatic carbocycles. The molecule has 0 aliphatic heterocycles. The number of nitro groups is 1. The van der Waals surface area contributed by atoms with Crippen LogP contribution in [-0.2, 0) is 11.3 Å². The molecule has 0 unspecified atom stereocenters. The highest BCUT2D eigenvalue weighted by Gasteiger charge is 2.09. The number of rotatable bonds is 5. The molecule has 0 spiro atoms. The lowest BCUT2D eigenvalue weighted by molar-refractivity contribution is -0.384. The van der Waals surface area contributed by atoms with Gasteiger partial charge in [0, 0.05) is 17.7 Å². The van der Waals surface area contributed by atoms with Gasteiger partial charge in [-0.15, -0.1) is 0 Å². The first-order valence-electron chi connectivity index (χ1n) is 5.78. The van der Waals surface area contributed by atoms with Crippen molar-refractivity contribution in [3.8, 4) is 5.75 Å². The number of nitrogens with two attached hydrogens (primary N) is 1. The van der Waals surface area contributed by atoms with Crippen molar-refractivity contribution in [3.63, 3.8) is 0 Å². The van der Waals surface area contributed by atoms with Gasteiger partial charge in [0.15, 0.2) is 0 Å². The van der Waals surface area contributed by atoms with Gasteiger partial charge in [-0.25, -0.2) is 10.1 Å². The summed E-state index contributed by atoms with van der Waals surface area (Å²) in [5.41, 5.74) is 7.40. The molecular weight excluding hydrogens is 296 g/mol. The van der Waals surface area contributed by atoms with Crippen LogP contribution in [0.25, 0.3) is 0 Å². The van der Waals surface area contributed by atoms with Crippen molar-refractivity contribution in [2.24, 2.45) is 5.10 Å². The molecule has 1 heterocycles. The molecule has 0 radical (unpaired) electrons. The number of phenolic OH excluding ortho intramolecular Hbond substituents is 1. The molecule has 22 heavy (non-hydrogen) atoms. The summed E-state index contributed by atoms with van der Waals surface area (Å²) in [4.78, 5) is 21.6. The van der Waals surface area contributed by atoms with Crippen LogP contribution in [0, 0.1) is 10.1 Å². The van der Waals surface area contributed by atoms with Gasteiger partial charge in [-0.1, -0.05) is 5.10 Å². The maximum atomic E-state index is 11.5. The fourth-order valence-corrected chi connectivity index (χ4v) is 1.43. The Balaban J connectivity index is 2.00. The Morgan fingerprint density at radius 2 is 2.36 bits per heavy atom. The quantitative estimate of drug-likeness (QED) is 0.358. The molecule has 0 fully saturated rings. The number of nitrogens with zero attached hydrogens (tertiary/aromatic N) is 6. The van der Waals surface area contributed by atoms with E-state index in [-0.39, 0.29) is 29.5 Å². The number of carbonyl (C=O) groups excluding carboxylic acids is 1. The number of tetrazole rings is 1. The molecule has 0 aliphatic rings. The minimum absolute atomic E-state index is 0.0320. The number of phenols is 1. The van der Waals surface area contributed by atoms with Crippen molar-refractivity contribution < 1.29 is 14.8 Å². The van der Waals surface area contributed by atoms with Crippen molar-refractivity contribution in [1.82, 2.24) is 25.6 Å². The zero-order valence-electron chi connectivity index (χ0n) is 10.9. The van der Waals surface area contributed by atoms with Crippen LogP contribution < -0.4 is 11.2 Å². The van der Waals surface area contributed by atoms with Gasteiger partial charge in [0.05, 0.1) is 11.1 Å². The lowest BCUT2D eigenvalue weighted by Gasteiger charge is -2.01. The summed E-state index contributed by atoms with van der Waals surface area (Å²) < 4.78 is 1.05. The summed E-state index contributed by atoms with van der Waals surface area (Å²) in [6.45, 7) is -0.253. The van der Waals surface area contributed by atoms with E-state index >= 15 is 0 Å². The van der Waals surface area contributed by atoms with Gasteiger partial charge < -0.3 is 10.8 Å².